The van der Waals surface area contributed by atoms with Gasteiger partial charge in [0.1, 0.15) is 0 Å². The van der Waals surface area contributed by atoms with Crippen molar-refractivity contribution < 1.29 is 0 Å². The third kappa shape index (κ3) is 2.88. The highest BCUT2D eigenvalue weighted by Crippen LogP contribution is 2.33. The number of para-hydroxylation sites is 2. The van der Waals surface area contributed by atoms with E-state index in [2.05, 4.69) is 85.8 Å². The number of rotatable bonds is 4. The Balaban J connectivity index is 1.87. The Kier molecular flexibility index (Phi) is 3.84. The number of nitrogens with one attached hydrogen (secondary N) is 1. The van der Waals surface area contributed by atoms with Crippen molar-refractivity contribution in [2.24, 2.45) is 0 Å². The molecule has 0 fully saturated rings. The predicted octanol–water partition coefficient (Wildman–Crippen LogP) is 5.14. The van der Waals surface area contributed by atoms with Crippen LogP contribution in [0.25, 0.3) is 10.1 Å². The summed E-state index contributed by atoms with van der Waals surface area (Å²) >= 11 is 1.86. The van der Waals surface area contributed by atoms with Crippen molar-refractivity contribution in [3.8, 4) is 0 Å². The molecule has 3 aromatic rings. The van der Waals surface area contributed by atoms with Crippen LogP contribution in [0, 0.1) is 0 Å². The highest BCUT2D eigenvalue weighted by Gasteiger charge is 2.11. The summed E-state index contributed by atoms with van der Waals surface area (Å²) in [5.74, 6) is 0. The van der Waals surface area contributed by atoms with E-state index in [4.69, 9.17) is 0 Å². The molecule has 0 aliphatic heterocycles. The van der Waals surface area contributed by atoms with Crippen LogP contribution < -0.4 is 10.2 Å². The average Bonchev–Trinajstić information content (AvgIpc) is 2.91. The van der Waals surface area contributed by atoms with Crippen molar-refractivity contribution >= 4 is 32.8 Å². The van der Waals surface area contributed by atoms with Crippen LogP contribution in [-0.4, -0.2) is 14.1 Å². The Bertz CT molecular complexity index is 713. The van der Waals surface area contributed by atoms with Gasteiger partial charge in [-0.15, -0.1) is 11.3 Å². The number of hydrogen-bond acceptors (Lipinski definition) is 3. The van der Waals surface area contributed by atoms with Crippen LogP contribution in [0.15, 0.2) is 54.6 Å². The van der Waals surface area contributed by atoms with Crippen molar-refractivity contribution in [1.29, 1.82) is 0 Å². The van der Waals surface area contributed by atoms with E-state index in [1.807, 2.05) is 11.3 Å². The molecular formula is C18H20N2S. The molecule has 0 spiro atoms. The topological polar surface area (TPSA) is 15.3 Å². The molecule has 0 saturated heterocycles. The summed E-state index contributed by atoms with van der Waals surface area (Å²) < 4.78 is 1.35. The van der Waals surface area contributed by atoms with Crippen LogP contribution in [0.2, 0.25) is 0 Å². The first kappa shape index (κ1) is 14.0. The third-order valence-electron chi connectivity index (χ3n) is 3.63. The van der Waals surface area contributed by atoms with E-state index in [1.54, 1.807) is 0 Å². The zero-order valence-corrected chi connectivity index (χ0v) is 13.4. The van der Waals surface area contributed by atoms with Gasteiger partial charge in [0.05, 0.1) is 17.4 Å². The fourth-order valence-corrected chi connectivity index (χ4v) is 3.57. The van der Waals surface area contributed by atoms with Gasteiger partial charge >= 0.3 is 0 Å². The average molecular weight is 296 g/mol. The molecule has 3 heteroatoms. The molecule has 1 atom stereocenters. The second-order valence-corrected chi connectivity index (χ2v) is 6.58. The SMILES string of the molecule is CC(Nc1ccccc1N(C)C)c1cc2ccccc2s1. The monoisotopic (exact) mass is 296 g/mol. The van der Waals surface area contributed by atoms with E-state index in [-0.39, 0.29) is 0 Å². The minimum absolute atomic E-state index is 0.295. The largest absolute Gasteiger partial charge is 0.376 e. The summed E-state index contributed by atoms with van der Waals surface area (Å²) in [6.07, 6.45) is 0. The summed E-state index contributed by atoms with van der Waals surface area (Å²) in [4.78, 5) is 3.50. The second-order valence-electron chi connectivity index (χ2n) is 5.46. The lowest BCUT2D eigenvalue weighted by Crippen LogP contribution is -2.13. The molecule has 0 radical (unpaired) electrons. The standard InChI is InChI=1S/C18H20N2S/c1-13(18-12-14-8-4-7-11-17(14)21-18)19-15-9-5-6-10-16(15)20(2)3/h4-13,19H,1-3H3. The molecule has 0 aliphatic rings. The van der Waals surface area contributed by atoms with Gasteiger partial charge in [0.2, 0.25) is 0 Å². The van der Waals surface area contributed by atoms with Crippen LogP contribution in [-0.2, 0) is 0 Å². The number of fused-ring (bicyclic) bond motifs is 1. The molecule has 0 bridgehead atoms. The van der Waals surface area contributed by atoms with E-state index in [0.717, 1.165) is 0 Å². The number of thiophene rings is 1. The molecule has 21 heavy (non-hydrogen) atoms. The number of anilines is 2. The van der Waals surface area contributed by atoms with Crippen LogP contribution in [0.4, 0.5) is 11.4 Å². The lowest BCUT2D eigenvalue weighted by Gasteiger charge is -2.21. The Morgan fingerprint density at radius 1 is 1.00 bits per heavy atom. The molecule has 2 aromatic carbocycles. The molecule has 1 unspecified atom stereocenters. The zero-order chi connectivity index (χ0) is 14.8. The van der Waals surface area contributed by atoms with Gasteiger partial charge in [0, 0.05) is 23.7 Å². The highest BCUT2D eigenvalue weighted by atomic mass is 32.1. The van der Waals surface area contributed by atoms with E-state index in [0.29, 0.717) is 6.04 Å². The molecule has 1 N–H and O–H groups in total. The third-order valence-corrected chi connectivity index (χ3v) is 4.93. The van der Waals surface area contributed by atoms with Crippen molar-refractivity contribution in [3.63, 3.8) is 0 Å². The highest BCUT2D eigenvalue weighted by molar-refractivity contribution is 7.19. The molecule has 3 rings (SSSR count). The predicted molar refractivity (Wildman–Crippen MR) is 94.6 cm³/mol. The summed E-state index contributed by atoms with van der Waals surface area (Å²) in [6.45, 7) is 2.22. The Morgan fingerprint density at radius 3 is 2.48 bits per heavy atom. The summed E-state index contributed by atoms with van der Waals surface area (Å²) in [6, 6.07) is 19.6. The van der Waals surface area contributed by atoms with Crippen molar-refractivity contribution in [2.75, 3.05) is 24.3 Å². The zero-order valence-electron chi connectivity index (χ0n) is 12.6. The molecule has 0 aliphatic carbocycles. The van der Waals surface area contributed by atoms with Gasteiger partial charge in [-0.1, -0.05) is 30.3 Å². The lowest BCUT2D eigenvalue weighted by molar-refractivity contribution is 0.906. The smallest absolute Gasteiger partial charge is 0.0596 e. The first-order valence-corrected chi connectivity index (χ1v) is 7.98. The lowest BCUT2D eigenvalue weighted by atomic mass is 10.2. The first-order valence-electron chi connectivity index (χ1n) is 7.16. The number of hydrogen-bond donors (Lipinski definition) is 1. The van der Waals surface area contributed by atoms with Gasteiger partial charge in [-0.3, -0.25) is 0 Å². The molecule has 1 heterocycles. The molecule has 2 nitrogen and oxygen atoms in total. The normalized spacial score (nSPS) is 12.3. The maximum Gasteiger partial charge on any atom is 0.0596 e. The van der Waals surface area contributed by atoms with Gasteiger partial charge in [-0.05, 0) is 36.6 Å². The fourth-order valence-electron chi connectivity index (χ4n) is 2.51. The van der Waals surface area contributed by atoms with Crippen molar-refractivity contribution in [3.05, 3.63) is 59.5 Å². The van der Waals surface area contributed by atoms with Gasteiger partial charge in [0.15, 0.2) is 0 Å². The first-order chi connectivity index (χ1) is 10.1. The molecule has 0 saturated carbocycles. The summed E-state index contributed by atoms with van der Waals surface area (Å²) in [5, 5.41) is 4.96. The molecular weight excluding hydrogens is 276 g/mol. The number of benzene rings is 2. The Morgan fingerprint density at radius 2 is 1.71 bits per heavy atom. The Hall–Kier alpha value is -2.00. The van der Waals surface area contributed by atoms with Crippen LogP contribution in [0.1, 0.15) is 17.8 Å². The molecule has 108 valence electrons. The van der Waals surface area contributed by atoms with Gasteiger partial charge in [0.25, 0.3) is 0 Å². The molecule has 1 aromatic heterocycles. The van der Waals surface area contributed by atoms with E-state index < -0.39 is 0 Å². The maximum absolute atomic E-state index is 3.64. The quantitative estimate of drug-likeness (QED) is 0.717. The minimum atomic E-state index is 0.295. The van der Waals surface area contributed by atoms with Crippen molar-refractivity contribution in [2.45, 2.75) is 13.0 Å². The summed E-state index contributed by atoms with van der Waals surface area (Å²) in [7, 11) is 4.15. The van der Waals surface area contributed by atoms with E-state index in [1.165, 1.54) is 26.3 Å². The number of nitrogens with zero attached hydrogens (tertiary/aromatic N) is 1. The van der Waals surface area contributed by atoms with E-state index >= 15 is 0 Å². The van der Waals surface area contributed by atoms with Gasteiger partial charge < -0.3 is 10.2 Å². The minimum Gasteiger partial charge on any atom is -0.376 e. The fraction of sp³-hybridized carbons (Fsp3) is 0.222. The van der Waals surface area contributed by atoms with Crippen LogP contribution in [0.3, 0.4) is 0 Å². The second kappa shape index (κ2) is 5.78. The van der Waals surface area contributed by atoms with Crippen molar-refractivity contribution in [1.82, 2.24) is 0 Å². The molecule has 0 amide bonds. The van der Waals surface area contributed by atoms with Crippen LogP contribution >= 0.6 is 11.3 Å². The van der Waals surface area contributed by atoms with E-state index in [9.17, 15) is 0 Å². The maximum atomic E-state index is 3.64. The summed E-state index contributed by atoms with van der Waals surface area (Å²) in [5.41, 5.74) is 2.39. The van der Waals surface area contributed by atoms with Gasteiger partial charge in [-0.2, -0.15) is 0 Å². The van der Waals surface area contributed by atoms with Crippen LogP contribution in [0.5, 0.6) is 0 Å². The Labute approximate surface area is 130 Å². The van der Waals surface area contributed by atoms with Gasteiger partial charge in [-0.25, -0.2) is 0 Å².